The highest BCUT2D eigenvalue weighted by atomic mass is 16.5. The molecule has 0 bridgehead atoms. The zero-order valence-corrected chi connectivity index (χ0v) is 12.7. The number of carbonyl (C=O) groups excluding carboxylic acids is 2. The minimum absolute atomic E-state index is 0.0396. The van der Waals surface area contributed by atoms with Gasteiger partial charge in [-0.15, -0.1) is 0 Å². The summed E-state index contributed by atoms with van der Waals surface area (Å²) in [5, 5.41) is 7.99. The SMILES string of the molecule is CCNC(=O)COc1ccc(NC(=O)Nc2cccnc2)cc1. The molecule has 1 aromatic heterocycles. The number of likely N-dealkylation sites (N-methyl/N-ethyl adjacent to an activating group) is 1. The van der Waals surface area contributed by atoms with Crippen LogP contribution in [0.25, 0.3) is 0 Å². The zero-order chi connectivity index (χ0) is 16.5. The second-order valence-corrected chi connectivity index (χ2v) is 4.59. The number of urea groups is 1. The maximum atomic E-state index is 11.8. The Balaban J connectivity index is 1.82. The Kier molecular flexibility index (Phi) is 5.93. The fraction of sp³-hybridized carbons (Fsp3) is 0.188. The van der Waals surface area contributed by atoms with Crippen LogP contribution in [0.4, 0.5) is 16.2 Å². The molecule has 1 aromatic carbocycles. The van der Waals surface area contributed by atoms with Crippen LogP contribution < -0.4 is 20.7 Å². The summed E-state index contributed by atoms with van der Waals surface area (Å²) in [6, 6.07) is 9.85. The molecule has 0 unspecified atom stereocenters. The van der Waals surface area contributed by atoms with Crippen LogP contribution in [-0.4, -0.2) is 30.1 Å². The van der Waals surface area contributed by atoms with Crippen LogP contribution in [-0.2, 0) is 4.79 Å². The van der Waals surface area contributed by atoms with Crippen molar-refractivity contribution in [1.29, 1.82) is 0 Å². The van der Waals surface area contributed by atoms with Gasteiger partial charge in [-0.3, -0.25) is 9.78 Å². The molecule has 3 N–H and O–H groups in total. The fourth-order valence-corrected chi connectivity index (χ4v) is 1.76. The summed E-state index contributed by atoms with van der Waals surface area (Å²) >= 11 is 0. The van der Waals surface area contributed by atoms with Gasteiger partial charge in [-0.1, -0.05) is 0 Å². The van der Waals surface area contributed by atoms with E-state index in [0.29, 0.717) is 23.7 Å². The van der Waals surface area contributed by atoms with E-state index >= 15 is 0 Å². The van der Waals surface area contributed by atoms with Crippen LogP contribution in [0, 0.1) is 0 Å². The molecule has 0 radical (unpaired) electrons. The van der Waals surface area contributed by atoms with Crippen LogP contribution in [0.2, 0.25) is 0 Å². The summed E-state index contributed by atoms with van der Waals surface area (Å²) in [5.41, 5.74) is 1.21. The quantitative estimate of drug-likeness (QED) is 0.762. The van der Waals surface area contributed by atoms with Crippen molar-refractivity contribution in [2.75, 3.05) is 23.8 Å². The second-order valence-electron chi connectivity index (χ2n) is 4.59. The Hall–Kier alpha value is -3.09. The molecule has 0 atom stereocenters. The van der Waals surface area contributed by atoms with Crippen LogP contribution in [0.1, 0.15) is 6.92 Å². The molecular weight excluding hydrogens is 296 g/mol. The van der Waals surface area contributed by atoms with Crippen molar-refractivity contribution >= 4 is 23.3 Å². The topological polar surface area (TPSA) is 92.4 Å². The average Bonchev–Trinajstić information content (AvgIpc) is 2.55. The Bertz CT molecular complexity index is 644. The molecule has 0 aliphatic heterocycles. The first-order valence-electron chi connectivity index (χ1n) is 7.15. The number of aromatic nitrogens is 1. The van der Waals surface area contributed by atoms with Gasteiger partial charge in [0, 0.05) is 18.4 Å². The minimum atomic E-state index is -0.367. The number of carbonyl (C=O) groups is 2. The van der Waals surface area contributed by atoms with Crippen molar-refractivity contribution in [3.63, 3.8) is 0 Å². The number of amides is 3. The number of anilines is 2. The predicted molar refractivity (Wildman–Crippen MR) is 87.5 cm³/mol. The summed E-state index contributed by atoms with van der Waals surface area (Å²) in [4.78, 5) is 27.0. The van der Waals surface area contributed by atoms with Crippen molar-refractivity contribution in [2.45, 2.75) is 6.92 Å². The van der Waals surface area contributed by atoms with Gasteiger partial charge in [-0.2, -0.15) is 0 Å². The molecule has 0 spiro atoms. The van der Waals surface area contributed by atoms with Gasteiger partial charge >= 0.3 is 6.03 Å². The molecule has 7 nitrogen and oxygen atoms in total. The first-order valence-corrected chi connectivity index (χ1v) is 7.15. The minimum Gasteiger partial charge on any atom is -0.484 e. The third-order valence-electron chi connectivity index (χ3n) is 2.78. The van der Waals surface area contributed by atoms with Gasteiger partial charge in [0.25, 0.3) is 5.91 Å². The number of ether oxygens (including phenoxy) is 1. The summed E-state index contributed by atoms with van der Waals surface area (Å²) in [6.45, 7) is 2.37. The Morgan fingerprint density at radius 3 is 2.48 bits per heavy atom. The van der Waals surface area contributed by atoms with E-state index in [1.807, 2.05) is 6.92 Å². The molecule has 2 aromatic rings. The molecular formula is C16H18N4O3. The van der Waals surface area contributed by atoms with Gasteiger partial charge < -0.3 is 20.7 Å². The first-order chi connectivity index (χ1) is 11.2. The number of hydrogen-bond donors (Lipinski definition) is 3. The molecule has 0 aliphatic rings. The average molecular weight is 314 g/mol. The van der Waals surface area contributed by atoms with E-state index in [2.05, 4.69) is 20.9 Å². The molecule has 2 rings (SSSR count). The fourth-order valence-electron chi connectivity index (χ4n) is 1.76. The highest BCUT2D eigenvalue weighted by molar-refractivity contribution is 5.99. The molecule has 23 heavy (non-hydrogen) atoms. The van der Waals surface area contributed by atoms with Gasteiger partial charge in [0.2, 0.25) is 0 Å². The van der Waals surface area contributed by atoms with Crippen LogP contribution in [0.3, 0.4) is 0 Å². The van der Waals surface area contributed by atoms with Gasteiger partial charge in [0.15, 0.2) is 6.61 Å². The first kappa shape index (κ1) is 16.3. The number of hydrogen-bond acceptors (Lipinski definition) is 4. The third-order valence-corrected chi connectivity index (χ3v) is 2.78. The molecule has 0 saturated heterocycles. The molecule has 0 fully saturated rings. The molecule has 3 amide bonds. The summed E-state index contributed by atoms with van der Waals surface area (Å²) in [6.07, 6.45) is 3.18. The highest BCUT2D eigenvalue weighted by Gasteiger charge is 2.04. The number of nitrogens with zero attached hydrogens (tertiary/aromatic N) is 1. The van der Waals surface area contributed by atoms with Crippen LogP contribution >= 0.6 is 0 Å². The van der Waals surface area contributed by atoms with Gasteiger partial charge in [-0.25, -0.2) is 4.79 Å². The van der Waals surface area contributed by atoms with Gasteiger partial charge in [-0.05, 0) is 43.3 Å². The van der Waals surface area contributed by atoms with Crippen molar-refractivity contribution in [3.05, 3.63) is 48.8 Å². The number of benzene rings is 1. The number of pyridine rings is 1. The monoisotopic (exact) mass is 314 g/mol. The van der Waals surface area contributed by atoms with E-state index in [1.165, 1.54) is 0 Å². The predicted octanol–water partition coefficient (Wildman–Crippen LogP) is 2.24. The zero-order valence-electron chi connectivity index (χ0n) is 12.7. The summed E-state index contributed by atoms with van der Waals surface area (Å²) < 4.78 is 5.33. The highest BCUT2D eigenvalue weighted by Crippen LogP contribution is 2.16. The summed E-state index contributed by atoms with van der Waals surface area (Å²) in [5.74, 6) is 0.375. The molecule has 0 aliphatic carbocycles. The number of nitrogens with one attached hydrogen (secondary N) is 3. The lowest BCUT2D eigenvalue weighted by atomic mass is 10.3. The van der Waals surface area contributed by atoms with Gasteiger partial charge in [0.05, 0.1) is 11.9 Å². The van der Waals surface area contributed by atoms with E-state index in [-0.39, 0.29) is 18.5 Å². The normalized spacial score (nSPS) is 9.78. The molecule has 7 heteroatoms. The van der Waals surface area contributed by atoms with Crippen LogP contribution in [0.15, 0.2) is 48.8 Å². The van der Waals surface area contributed by atoms with Crippen molar-refractivity contribution in [1.82, 2.24) is 10.3 Å². The Morgan fingerprint density at radius 2 is 1.83 bits per heavy atom. The molecule has 0 saturated carbocycles. The molecule has 1 heterocycles. The largest absolute Gasteiger partial charge is 0.484 e. The smallest absolute Gasteiger partial charge is 0.323 e. The van der Waals surface area contributed by atoms with Crippen molar-refractivity contribution in [3.8, 4) is 5.75 Å². The van der Waals surface area contributed by atoms with Crippen molar-refractivity contribution in [2.24, 2.45) is 0 Å². The lowest BCUT2D eigenvalue weighted by molar-refractivity contribution is -0.122. The second kappa shape index (κ2) is 8.38. The van der Waals surface area contributed by atoms with E-state index in [0.717, 1.165) is 0 Å². The van der Waals surface area contributed by atoms with Crippen LogP contribution in [0.5, 0.6) is 5.75 Å². The maximum absolute atomic E-state index is 11.8. The molecule has 120 valence electrons. The standard InChI is InChI=1S/C16H18N4O3/c1-2-18-15(21)11-23-14-7-5-12(6-8-14)19-16(22)20-13-4-3-9-17-10-13/h3-10H,2,11H2,1H3,(H,18,21)(H2,19,20,22). The van der Waals surface area contributed by atoms with E-state index in [9.17, 15) is 9.59 Å². The lowest BCUT2D eigenvalue weighted by Crippen LogP contribution is -2.28. The van der Waals surface area contributed by atoms with Gasteiger partial charge in [0.1, 0.15) is 5.75 Å². The third kappa shape index (κ3) is 5.66. The van der Waals surface area contributed by atoms with E-state index in [1.54, 1.807) is 48.8 Å². The van der Waals surface area contributed by atoms with Crippen molar-refractivity contribution < 1.29 is 14.3 Å². The van der Waals surface area contributed by atoms with E-state index in [4.69, 9.17) is 4.74 Å². The Morgan fingerprint density at radius 1 is 1.09 bits per heavy atom. The Labute approximate surface area is 134 Å². The maximum Gasteiger partial charge on any atom is 0.323 e. The lowest BCUT2D eigenvalue weighted by Gasteiger charge is -2.09. The van der Waals surface area contributed by atoms with E-state index < -0.39 is 0 Å². The number of rotatable bonds is 6. The summed E-state index contributed by atoms with van der Waals surface area (Å²) in [7, 11) is 0.